The number of alkyl halides is 1. The Morgan fingerprint density at radius 2 is 2.25 bits per heavy atom. The maximum atomic E-state index is 11.9. The first-order valence-electron chi connectivity index (χ1n) is 6.09. The molecule has 0 saturated carbocycles. The molecule has 1 amide bonds. The Labute approximate surface area is 104 Å². The fourth-order valence-electron chi connectivity index (χ4n) is 1.90. The average Bonchev–Trinajstić information content (AvgIpc) is 2.29. The molecule has 16 heavy (non-hydrogen) atoms. The summed E-state index contributed by atoms with van der Waals surface area (Å²) in [5.41, 5.74) is -0.462. The number of carbonyl (C=O) groups is 1. The second kappa shape index (κ2) is 5.87. The van der Waals surface area contributed by atoms with E-state index in [-0.39, 0.29) is 5.91 Å². The second-order valence-electron chi connectivity index (χ2n) is 5.22. The topological polar surface area (TPSA) is 32.3 Å². The molecular formula is C12H23ClN2O. The number of hydrogen-bond acceptors (Lipinski definition) is 2. The fraction of sp³-hybridized carbons (Fsp3) is 0.917. The summed E-state index contributed by atoms with van der Waals surface area (Å²) < 4.78 is 0. The van der Waals surface area contributed by atoms with Gasteiger partial charge in [0.05, 0.1) is 5.41 Å². The minimum Gasteiger partial charge on any atom is -0.352 e. The summed E-state index contributed by atoms with van der Waals surface area (Å²) in [4.78, 5) is 14.3. The Morgan fingerprint density at radius 1 is 1.56 bits per heavy atom. The van der Waals surface area contributed by atoms with Crippen molar-refractivity contribution < 1.29 is 4.79 Å². The zero-order valence-corrected chi connectivity index (χ0v) is 11.3. The molecule has 4 heteroatoms. The maximum absolute atomic E-state index is 11.9. The zero-order chi connectivity index (χ0) is 12.2. The van der Waals surface area contributed by atoms with Gasteiger partial charge in [0.1, 0.15) is 0 Å². The van der Waals surface area contributed by atoms with Crippen molar-refractivity contribution >= 4 is 17.5 Å². The summed E-state index contributed by atoms with van der Waals surface area (Å²) in [6.07, 6.45) is 2.25. The molecule has 0 bridgehead atoms. The summed E-state index contributed by atoms with van der Waals surface area (Å²) >= 11 is 5.79. The van der Waals surface area contributed by atoms with Crippen LogP contribution in [0.25, 0.3) is 0 Å². The zero-order valence-electron chi connectivity index (χ0n) is 10.6. The maximum Gasteiger partial charge on any atom is 0.227 e. The smallest absolute Gasteiger partial charge is 0.227 e. The average molecular weight is 247 g/mol. The quantitative estimate of drug-likeness (QED) is 0.768. The summed E-state index contributed by atoms with van der Waals surface area (Å²) in [5, 5.41) is 3.11. The third-order valence-electron chi connectivity index (χ3n) is 3.24. The van der Waals surface area contributed by atoms with Gasteiger partial charge < -0.3 is 10.2 Å². The predicted octanol–water partition coefficient (Wildman–Crippen LogP) is 1.85. The first kappa shape index (κ1) is 13.8. The van der Waals surface area contributed by atoms with Gasteiger partial charge in [0.25, 0.3) is 0 Å². The van der Waals surface area contributed by atoms with E-state index in [1.165, 1.54) is 6.42 Å². The summed E-state index contributed by atoms with van der Waals surface area (Å²) in [6.45, 7) is 9.12. The molecule has 0 aromatic carbocycles. The molecule has 1 atom stereocenters. The SMILES string of the molecule is CCN1CCCC(NC(=O)C(C)(C)CCl)C1. The van der Waals surface area contributed by atoms with E-state index >= 15 is 0 Å². The van der Waals surface area contributed by atoms with E-state index in [2.05, 4.69) is 17.1 Å². The van der Waals surface area contributed by atoms with Gasteiger partial charge in [-0.15, -0.1) is 11.6 Å². The van der Waals surface area contributed by atoms with Gasteiger partial charge in [0.15, 0.2) is 0 Å². The number of nitrogens with zero attached hydrogens (tertiary/aromatic N) is 1. The molecule has 1 aliphatic heterocycles. The van der Waals surface area contributed by atoms with Crippen molar-refractivity contribution in [1.29, 1.82) is 0 Å². The highest BCUT2D eigenvalue weighted by Crippen LogP contribution is 2.18. The molecule has 1 fully saturated rings. The molecule has 0 radical (unpaired) electrons. The highest BCUT2D eigenvalue weighted by Gasteiger charge is 2.29. The number of amides is 1. The summed E-state index contributed by atoms with van der Waals surface area (Å²) in [6, 6.07) is 0.295. The van der Waals surface area contributed by atoms with E-state index < -0.39 is 5.41 Å². The highest BCUT2D eigenvalue weighted by atomic mass is 35.5. The molecule has 0 aliphatic carbocycles. The third-order valence-corrected chi connectivity index (χ3v) is 3.90. The van der Waals surface area contributed by atoms with Crippen molar-refractivity contribution in [3.05, 3.63) is 0 Å². The standard InChI is InChI=1S/C12H23ClN2O/c1-4-15-7-5-6-10(8-15)14-11(16)12(2,3)9-13/h10H,4-9H2,1-3H3,(H,14,16). The van der Waals surface area contributed by atoms with Crippen LogP contribution in [0.4, 0.5) is 0 Å². The Kier molecular flexibility index (Phi) is 5.06. The molecule has 0 spiro atoms. The number of hydrogen-bond donors (Lipinski definition) is 1. The van der Waals surface area contributed by atoms with Gasteiger partial charge in [-0.2, -0.15) is 0 Å². The van der Waals surface area contributed by atoms with E-state index in [0.29, 0.717) is 11.9 Å². The molecule has 0 aromatic rings. The lowest BCUT2D eigenvalue weighted by molar-refractivity contribution is -0.129. The van der Waals surface area contributed by atoms with Crippen LogP contribution in [0.2, 0.25) is 0 Å². The molecular weight excluding hydrogens is 224 g/mol. The lowest BCUT2D eigenvalue weighted by Crippen LogP contribution is -2.51. The second-order valence-corrected chi connectivity index (χ2v) is 5.49. The largest absolute Gasteiger partial charge is 0.352 e. The van der Waals surface area contributed by atoms with Crippen molar-refractivity contribution in [2.45, 2.75) is 39.7 Å². The van der Waals surface area contributed by atoms with Crippen LogP contribution in [-0.2, 0) is 4.79 Å². The number of likely N-dealkylation sites (N-methyl/N-ethyl adjacent to an activating group) is 1. The number of rotatable bonds is 4. The molecule has 1 N–H and O–H groups in total. The van der Waals surface area contributed by atoms with Gasteiger partial charge in [-0.1, -0.05) is 6.92 Å². The monoisotopic (exact) mass is 246 g/mol. The van der Waals surface area contributed by atoms with E-state index in [1.54, 1.807) is 0 Å². The van der Waals surface area contributed by atoms with Gasteiger partial charge in [0.2, 0.25) is 5.91 Å². The van der Waals surface area contributed by atoms with E-state index in [0.717, 1.165) is 26.1 Å². The van der Waals surface area contributed by atoms with Crippen LogP contribution in [0.5, 0.6) is 0 Å². The lowest BCUT2D eigenvalue weighted by Gasteiger charge is -2.34. The third kappa shape index (κ3) is 3.63. The number of piperidine rings is 1. The van der Waals surface area contributed by atoms with Gasteiger partial charge >= 0.3 is 0 Å². The molecule has 1 saturated heterocycles. The van der Waals surface area contributed by atoms with Crippen LogP contribution < -0.4 is 5.32 Å². The fourth-order valence-corrected chi connectivity index (χ4v) is 2.02. The van der Waals surface area contributed by atoms with Crippen LogP contribution >= 0.6 is 11.6 Å². The first-order valence-corrected chi connectivity index (χ1v) is 6.62. The van der Waals surface area contributed by atoms with Crippen LogP contribution in [0.3, 0.4) is 0 Å². The van der Waals surface area contributed by atoms with Gasteiger partial charge in [-0.3, -0.25) is 4.79 Å². The van der Waals surface area contributed by atoms with E-state index in [9.17, 15) is 4.79 Å². The van der Waals surface area contributed by atoms with Crippen LogP contribution in [0.15, 0.2) is 0 Å². The molecule has 1 unspecified atom stereocenters. The van der Waals surface area contributed by atoms with Gasteiger partial charge in [0, 0.05) is 18.5 Å². The van der Waals surface area contributed by atoms with Crippen LogP contribution in [0.1, 0.15) is 33.6 Å². The van der Waals surface area contributed by atoms with Crippen molar-refractivity contribution in [2.24, 2.45) is 5.41 Å². The van der Waals surface area contributed by atoms with Gasteiger partial charge in [-0.25, -0.2) is 0 Å². The Hall–Kier alpha value is -0.280. The normalized spacial score (nSPS) is 23.1. The van der Waals surface area contributed by atoms with Crippen LogP contribution in [0, 0.1) is 5.41 Å². The molecule has 1 aliphatic rings. The number of halogens is 1. The van der Waals surface area contributed by atoms with Crippen LogP contribution in [-0.4, -0.2) is 42.4 Å². The van der Waals surface area contributed by atoms with E-state index in [4.69, 9.17) is 11.6 Å². The predicted molar refractivity (Wildman–Crippen MR) is 67.8 cm³/mol. The lowest BCUT2D eigenvalue weighted by atomic mass is 9.94. The van der Waals surface area contributed by atoms with Crippen molar-refractivity contribution in [3.63, 3.8) is 0 Å². The Balaban J connectivity index is 2.45. The van der Waals surface area contributed by atoms with Crippen molar-refractivity contribution in [3.8, 4) is 0 Å². The van der Waals surface area contributed by atoms with Crippen molar-refractivity contribution in [1.82, 2.24) is 10.2 Å². The van der Waals surface area contributed by atoms with Crippen molar-refractivity contribution in [2.75, 3.05) is 25.5 Å². The van der Waals surface area contributed by atoms with E-state index in [1.807, 2.05) is 13.8 Å². The van der Waals surface area contributed by atoms with Gasteiger partial charge in [-0.05, 0) is 39.8 Å². The molecule has 1 rings (SSSR count). The number of nitrogens with one attached hydrogen (secondary N) is 1. The molecule has 94 valence electrons. The highest BCUT2D eigenvalue weighted by molar-refractivity contribution is 6.19. The summed E-state index contributed by atoms with van der Waals surface area (Å²) in [7, 11) is 0. The summed E-state index contributed by atoms with van der Waals surface area (Å²) in [5.74, 6) is 0.439. The molecule has 0 aromatic heterocycles. The first-order chi connectivity index (χ1) is 7.49. The number of carbonyl (C=O) groups excluding carboxylic acids is 1. The Bertz CT molecular complexity index is 243. The molecule has 3 nitrogen and oxygen atoms in total. The Morgan fingerprint density at radius 3 is 2.81 bits per heavy atom. The number of likely N-dealkylation sites (tertiary alicyclic amines) is 1. The minimum absolute atomic E-state index is 0.0745. The molecule has 1 heterocycles. The minimum atomic E-state index is -0.462.